The highest BCUT2D eigenvalue weighted by Gasteiger charge is 2.70. The smallest absolute Gasteiger partial charge is 0.309 e. The van der Waals surface area contributed by atoms with Gasteiger partial charge in [0, 0.05) is 30.8 Å². The minimum absolute atomic E-state index is 0.0191. The summed E-state index contributed by atoms with van der Waals surface area (Å²) < 4.78 is 11.7. The maximum atomic E-state index is 14.6. The van der Waals surface area contributed by atoms with Crippen molar-refractivity contribution in [2.45, 2.75) is 133 Å². The van der Waals surface area contributed by atoms with Crippen molar-refractivity contribution in [3.8, 4) is 0 Å². The summed E-state index contributed by atoms with van der Waals surface area (Å²) in [7, 11) is 0. The fourth-order valence-electron chi connectivity index (χ4n) is 12.7. The van der Waals surface area contributed by atoms with Gasteiger partial charge < -0.3 is 19.5 Å². The molecule has 0 radical (unpaired) electrons. The van der Waals surface area contributed by atoms with Crippen LogP contribution >= 0.6 is 0 Å². The Labute approximate surface area is 288 Å². The van der Waals surface area contributed by atoms with Gasteiger partial charge in [0.1, 0.15) is 11.9 Å². The summed E-state index contributed by atoms with van der Waals surface area (Å²) in [5, 5.41) is 9.58. The van der Waals surface area contributed by atoms with Gasteiger partial charge in [-0.2, -0.15) is 0 Å². The highest BCUT2D eigenvalue weighted by Crippen LogP contribution is 2.76. The fraction of sp³-hybridized carbons (Fsp3) is 0.850. The van der Waals surface area contributed by atoms with Gasteiger partial charge >= 0.3 is 11.9 Å². The minimum atomic E-state index is -1.16. The number of carboxylic acid groups (broad SMARTS) is 1. The highest BCUT2D eigenvalue weighted by molar-refractivity contribution is 6.00. The summed E-state index contributed by atoms with van der Waals surface area (Å²) in [5.41, 5.74) is 0.506. The SMILES string of the molecule is CC(C)C1C(=O)C[C@]2(C(=O)N3CCOCC3)CC[C@]3(C)C(=C12)CC[C@@H]1[C@@]2(C)CC[C@H](OC(=O)CC(C)(C)C(=O)O)C(C)(C)[C@@H]2CC[C@]13C. The van der Waals surface area contributed by atoms with Crippen LogP contribution in [0.5, 0.6) is 0 Å². The number of fused-ring (bicyclic) bond motifs is 6. The van der Waals surface area contributed by atoms with Gasteiger partial charge in [-0.25, -0.2) is 0 Å². The van der Waals surface area contributed by atoms with Crippen molar-refractivity contribution >= 4 is 23.6 Å². The Morgan fingerprint density at radius 2 is 1.62 bits per heavy atom. The van der Waals surface area contributed by atoms with E-state index in [0.29, 0.717) is 44.6 Å². The van der Waals surface area contributed by atoms with Crippen LogP contribution in [0.15, 0.2) is 11.1 Å². The van der Waals surface area contributed by atoms with E-state index >= 15 is 0 Å². The third-order valence-electron chi connectivity index (χ3n) is 15.4. The third kappa shape index (κ3) is 4.98. The van der Waals surface area contributed by atoms with Gasteiger partial charge in [-0.3, -0.25) is 19.2 Å². The molecule has 0 bridgehead atoms. The molecule has 1 amide bonds. The molecule has 5 aliphatic carbocycles. The number of nitrogens with zero attached hydrogens (tertiary/aromatic N) is 1. The molecule has 1 unspecified atom stereocenters. The first-order valence-corrected chi connectivity index (χ1v) is 18.8. The molecule has 0 spiro atoms. The Kier molecular flexibility index (Phi) is 8.65. The molecule has 0 aromatic rings. The zero-order valence-electron chi connectivity index (χ0n) is 31.1. The molecule has 1 saturated heterocycles. The summed E-state index contributed by atoms with van der Waals surface area (Å²) in [6.45, 7) is 21.8. The number of ether oxygens (including phenoxy) is 2. The molecule has 5 fully saturated rings. The van der Waals surface area contributed by atoms with Crippen LogP contribution in [-0.2, 0) is 28.7 Å². The number of carbonyl (C=O) groups excluding carboxylic acids is 3. The van der Waals surface area contributed by atoms with Crippen LogP contribution in [-0.4, -0.2) is 66.0 Å². The number of allylic oxidation sites excluding steroid dienone is 1. The lowest BCUT2D eigenvalue weighted by Crippen LogP contribution is -2.64. The number of esters is 1. The van der Waals surface area contributed by atoms with E-state index in [0.717, 1.165) is 51.4 Å². The number of hydrogen-bond acceptors (Lipinski definition) is 6. The van der Waals surface area contributed by atoms with E-state index in [4.69, 9.17) is 9.47 Å². The second-order valence-corrected chi connectivity index (χ2v) is 18.9. The number of aliphatic carboxylic acids is 1. The number of carboxylic acids is 1. The Morgan fingerprint density at radius 3 is 2.25 bits per heavy atom. The number of ketones is 1. The van der Waals surface area contributed by atoms with E-state index in [9.17, 15) is 24.3 Å². The molecule has 1 N–H and O–H groups in total. The highest BCUT2D eigenvalue weighted by atomic mass is 16.5. The van der Waals surface area contributed by atoms with E-state index in [-0.39, 0.29) is 57.7 Å². The molecule has 268 valence electrons. The Bertz CT molecular complexity index is 1410. The van der Waals surface area contributed by atoms with E-state index in [1.165, 1.54) is 11.1 Å². The maximum Gasteiger partial charge on any atom is 0.309 e. The standard InChI is InChI=1S/C40H61NO7/c1-24(2)31-26(42)22-40(33(44)41-18-20-47-21-19-41)17-16-38(8)25(32(31)40)10-11-28-37(7)14-13-29(48-30(43)23-35(3,4)34(45)46)36(5,6)27(37)12-15-39(28,38)9/h24,27-29,31H,10-23H2,1-9H3,(H,45,46)/t27-,28+,29-,31?,37-,38+,39+,40+/m0/s1. The number of morpholine rings is 1. The first-order valence-electron chi connectivity index (χ1n) is 18.8. The second kappa shape index (κ2) is 11.7. The third-order valence-corrected chi connectivity index (χ3v) is 15.4. The van der Waals surface area contributed by atoms with E-state index in [1.54, 1.807) is 13.8 Å². The number of rotatable bonds is 6. The van der Waals surface area contributed by atoms with Crippen molar-refractivity contribution in [1.29, 1.82) is 0 Å². The summed E-state index contributed by atoms with van der Waals surface area (Å²) in [6.07, 6.45) is 7.46. The summed E-state index contributed by atoms with van der Waals surface area (Å²) >= 11 is 0. The van der Waals surface area contributed by atoms with Crippen molar-refractivity contribution in [1.82, 2.24) is 4.90 Å². The van der Waals surface area contributed by atoms with Crippen LogP contribution in [0.25, 0.3) is 0 Å². The molecule has 4 saturated carbocycles. The largest absolute Gasteiger partial charge is 0.481 e. The average molecular weight is 668 g/mol. The average Bonchev–Trinajstić information content (AvgIpc) is 3.32. The lowest BCUT2D eigenvalue weighted by molar-refractivity contribution is -0.214. The van der Waals surface area contributed by atoms with Crippen LogP contribution < -0.4 is 0 Å². The normalized spacial score (nSPS) is 40.9. The topological polar surface area (TPSA) is 110 Å². The molecule has 8 nitrogen and oxygen atoms in total. The van der Waals surface area contributed by atoms with Crippen molar-refractivity contribution < 1.29 is 33.8 Å². The Balaban J connectivity index is 1.33. The molecule has 1 aliphatic heterocycles. The maximum absolute atomic E-state index is 14.6. The number of Topliss-reactive ketones (excluding diaryl/α,β-unsaturated/α-hetero) is 1. The number of amides is 1. The lowest BCUT2D eigenvalue weighted by atomic mass is 9.34. The lowest BCUT2D eigenvalue weighted by Gasteiger charge is -2.70. The first kappa shape index (κ1) is 35.6. The molecular formula is C40H61NO7. The van der Waals surface area contributed by atoms with Gasteiger partial charge in [0.15, 0.2) is 0 Å². The Hall–Kier alpha value is -2.22. The summed E-state index contributed by atoms with van der Waals surface area (Å²) in [5.74, 6) is -0.201. The number of carbonyl (C=O) groups is 4. The molecule has 1 heterocycles. The predicted molar refractivity (Wildman–Crippen MR) is 183 cm³/mol. The number of hydrogen-bond donors (Lipinski definition) is 1. The molecule has 0 aromatic heterocycles. The van der Waals surface area contributed by atoms with Gasteiger partial charge in [0.2, 0.25) is 5.91 Å². The summed E-state index contributed by atoms with van der Waals surface area (Å²) in [6, 6.07) is 0. The van der Waals surface area contributed by atoms with Gasteiger partial charge in [-0.05, 0) is 105 Å². The van der Waals surface area contributed by atoms with E-state index < -0.39 is 22.8 Å². The van der Waals surface area contributed by atoms with Crippen LogP contribution in [0, 0.1) is 56.2 Å². The van der Waals surface area contributed by atoms with Gasteiger partial charge in [0.05, 0.1) is 30.5 Å². The summed E-state index contributed by atoms with van der Waals surface area (Å²) in [4.78, 5) is 55.2. The second-order valence-electron chi connectivity index (χ2n) is 18.9. The quantitative estimate of drug-likeness (QED) is 0.235. The molecule has 8 atom stereocenters. The molecule has 48 heavy (non-hydrogen) atoms. The monoisotopic (exact) mass is 667 g/mol. The van der Waals surface area contributed by atoms with Crippen LogP contribution in [0.2, 0.25) is 0 Å². The van der Waals surface area contributed by atoms with Crippen LogP contribution in [0.1, 0.15) is 127 Å². The fourth-order valence-corrected chi connectivity index (χ4v) is 12.7. The molecular weight excluding hydrogens is 606 g/mol. The Morgan fingerprint density at radius 1 is 0.958 bits per heavy atom. The van der Waals surface area contributed by atoms with Gasteiger partial charge in [-0.15, -0.1) is 0 Å². The van der Waals surface area contributed by atoms with Gasteiger partial charge in [0.25, 0.3) is 0 Å². The predicted octanol–water partition coefficient (Wildman–Crippen LogP) is 7.24. The van der Waals surface area contributed by atoms with Crippen LogP contribution in [0.4, 0.5) is 0 Å². The van der Waals surface area contributed by atoms with Crippen molar-refractivity contribution in [2.75, 3.05) is 26.3 Å². The minimum Gasteiger partial charge on any atom is -0.481 e. The van der Waals surface area contributed by atoms with Crippen LogP contribution in [0.3, 0.4) is 0 Å². The van der Waals surface area contributed by atoms with Crippen molar-refractivity contribution in [3.05, 3.63) is 11.1 Å². The van der Waals surface area contributed by atoms with Crippen molar-refractivity contribution in [2.24, 2.45) is 56.2 Å². The van der Waals surface area contributed by atoms with E-state index in [1.807, 2.05) is 4.90 Å². The molecule has 6 aliphatic rings. The van der Waals surface area contributed by atoms with Crippen molar-refractivity contribution in [3.63, 3.8) is 0 Å². The van der Waals surface area contributed by atoms with Gasteiger partial charge in [-0.1, -0.05) is 54.0 Å². The zero-order chi connectivity index (χ0) is 35.2. The van der Waals surface area contributed by atoms with E-state index in [2.05, 4.69) is 48.5 Å². The molecule has 8 heteroatoms. The zero-order valence-corrected chi connectivity index (χ0v) is 31.1. The molecule has 6 rings (SSSR count). The molecule has 0 aromatic carbocycles. The first-order chi connectivity index (χ1) is 22.3.